The molecule has 3 rings (SSSR count). The van der Waals surface area contributed by atoms with Crippen molar-refractivity contribution in [2.45, 2.75) is 51.3 Å². The number of amides is 1. The Labute approximate surface area is 151 Å². The Morgan fingerprint density at radius 1 is 1.27 bits per heavy atom. The van der Waals surface area contributed by atoms with Crippen LogP contribution in [-0.2, 0) is 4.74 Å². The Bertz CT molecular complexity index is 729. The van der Waals surface area contributed by atoms with Gasteiger partial charge in [0.05, 0.1) is 17.0 Å². The van der Waals surface area contributed by atoms with Crippen LogP contribution in [0.4, 0.5) is 16.2 Å². The summed E-state index contributed by atoms with van der Waals surface area (Å²) >= 11 is 0. The second-order valence-corrected chi connectivity index (χ2v) is 7.80. The summed E-state index contributed by atoms with van der Waals surface area (Å²) in [5, 5.41) is 10.9. The number of rotatable bonds is 3. The fourth-order valence-electron chi connectivity index (χ4n) is 3.75. The SMILES string of the molecule is CC(C)(C)OC(=O)N1C2CCC1CN(c1ccc([N+](=O)[O-])cc1C=O)C2. The normalized spacial score (nSPS) is 22.3. The molecule has 0 N–H and O–H groups in total. The van der Waals surface area contributed by atoms with Crippen LogP contribution in [0.3, 0.4) is 0 Å². The highest BCUT2D eigenvalue weighted by atomic mass is 16.6. The highest BCUT2D eigenvalue weighted by Gasteiger charge is 2.44. The molecule has 8 heteroatoms. The van der Waals surface area contributed by atoms with Crippen LogP contribution in [0.25, 0.3) is 0 Å². The van der Waals surface area contributed by atoms with Crippen molar-refractivity contribution in [2.24, 2.45) is 0 Å². The van der Waals surface area contributed by atoms with E-state index in [1.165, 1.54) is 12.1 Å². The van der Waals surface area contributed by atoms with Gasteiger partial charge in [-0.25, -0.2) is 4.79 Å². The minimum Gasteiger partial charge on any atom is -0.444 e. The smallest absolute Gasteiger partial charge is 0.410 e. The Balaban J connectivity index is 1.80. The van der Waals surface area contributed by atoms with Gasteiger partial charge in [0, 0.05) is 36.5 Å². The number of hydrogen-bond acceptors (Lipinski definition) is 6. The van der Waals surface area contributed by atoms with E-state index in [2.05, 4.69) is 0 Å². The second kappa shape index (κ2) is 6.59. The van der Waals surface area contributed by atoms with Gasteiger partial charge in [0.15, 0.2) is 6.29 Å². The number of fused-ring (bicyclic) bond motifs is 2. The van der Waals surface area contributed by atoms with Crippen molar-refractivity contribution in [3.63, 3.8) is 0 Å². The van der Waals surface area contributed by atoms with Crippen molar-refractivity contribution >= 4 is 23.8 Å². The molecule has 0 spiro atoms. The van der Waals surface area contributed by atoms with E-state index in [0.29, 0.717) is 30.6 Å². The van der Waals surface area contributed by atoms with Crippen molar-refractivity contribution in [1.82, 2.24) is 4.90 Å². The summed E-state index contributed by atoms with van der Waals surface area (Å²) in [7, 11) is 0. The predicted molar refractivity (Wildman–Crippen MR) is 95.6 cm³/mol. The lowest BCUT2D eigenvalue weighted by atomic mass is 10.1. The number of carbonyl (C=O) groups excluding carboxylic acids is 2. The molecule has 0 aliphatic carbocycles. The molecule has 2 bridgehead atoms. The number of ether oxygens (including phenoxy) is 1. The van der Waals surface area contributed by atoms with Crippen LogP contribution in [0.2, 0.25) is 0 Å². The van der Waals surface area contributed by atoms with Gasteiger partial charge < -0.3 is 9.64 Å². The second-order valence-electron chi connectivity index (χ2n) is 7.80. The third-order valence-corrected chi connectivity index (χ3v) is 4.78. The molecule has 140 valence electrons. The number of nitro benzene ring substituents is 1. The molecule has 2 fully saturated rings. The Morgan fingerprint density at radius 2 is 1.88 bits per heavy atom. The van der Waals surface area contributed by atoms with Crippen LogP contribution < -0.4 is 4.90 Å². The van der Waals surface area contributed by atoms with Gasteiger partial charge in [-0.3, -0.25) is 19.8 Å². The van der Waals surface area contributed by atoms with Gasteiger partial charge in [-0.1, -0.05) is 0 Å². The summed E-state index contributed by atoms with van der Waals surface area (Å²) in [6, 6.07) is 4.34. The molecule has 2 saturated heterocycles. The lowest BCUT2D eigenvalue weighted by Crippen LogP contribution is -2.57. The molecular formula is C18H23N3O5. The van der Waals surface area contributed by atoms with Crippen LogP contribution in [0, 0.1) is 10.1 Å². The molecule has 2 heterocycles. The molecule has 2 aliphatic heterocycles. The number of carbonyl (C=O) groups is 2. The maximum absolute atomic E-state index is 12.5. The monoisotopic (exact) mass is 361 g/mol. The van der Waals surface area contributed by atoms with Crippen molar-refractivity contribution in [2.75, 3.05) is 18.0 Å². The zero-order valence-electron chi connectivity index (χ0n) is 15.2. The van der Waals surface area contributed by atoms with E-state index in [1.54, 1.807) is 6.07 Å². The topological polar surface area (TPSA) is 93.0 Å². The third kappa shape index (κ3) is 3.49. The van der Waals surface area contributed by atoms with Gasteiger partial charge >= 0.3 is 6.09 Å². The summed E-state index contributed by atoms with van der Waals surface area (Å²) in [5.74, 6) is 0. The summed E-state index contributed by atoms with van der Waals surface area (Å²) in [4.78, 5) is 38.2. The molecule has 2 unspecified atom stereocenters. The van der Waals surface area contributed by atoms with Gasteiger partial charge in [-0.2, -0.15) is 0 Å². The average molecular weight is 361 g/mol. The minimum absolute atomic E-state index is 0.0123. The van der Waals surface area contributed by atoms with Crippen LogP contribution in [0.15, 0.2) is 18.2 Å². The van der Waals surface area contributed by atoms with Gasteiger partial charge in [0.2, 0.25) is 0 Å². The lowest BCUT2D eigenvalue weighted by molar-refractivity contribution is -0.384. The highest BCUT2D eigenvalue weighted by Crippen LogP contribution is 2.35. The van der Waals surface area contributed by atoms with Crippen molar-refractivity contribution < 1.29 is 19.2 Å². The number of aldehydes is 1. The molecular weight excluding hydrogens is 338 g/mol. The van der Waals surface area contributed by atoms with Gasteiger partial charge in [0.1, 0.15) is 5.60 Å². The Hall–Kier alpha value is -2.64. The van der Waals surface area contributed by atoms with Gasteiger partial charge in [0.25, 0.3) is 5.69 Å². The Kier molecular flexibility index (Phi) is 4.60. The van der Waals surface area contributed by atoms with E-state index >= 15 is 0 Å². The lowest BCUT2D eigenvalue weighted by Gasteiger charge is -2.42. The number of nitro groups is 1. The molecule has 2 atom stereocenters. The molecule has 2 aliphatic rings. The Morgan fingerprint density at radius 3 is 2.38 bits per heavy atom. The molecule has 1 aromatic rings. The quantitative estimate of drug-likeness (QED) is 0.467. The number of anilines is 1. The first-order valence-electron chi connectivity index (χ1n) is 8.69. The number of piperazine rings is 1. The van der Waals surface area contributed by atoms with Crippen molar-refractivity contribution in [3.05, 3.63) is 33.9 Å². The molecule has 0 saturated carbocycles. The van der Waals surface area contributed by atoms with Crippen molar-refractivity contribution in [3.8, 4) is 0 Å². The number of hydrogen-bond donors (Lipinski definition) is 0. The summed E-state index contributed by atoms with van der Waals surface area (Å²) in [5.41, 5.74) is 0.318. The third-order valence-electron chi connectivity index (χ3n) is 4.78. The van der Waals surface area contributed by atoms with E-state index in [0.717, 1.165) is 12.8 Å². The minimum atomic E-state index is -0.545. The van der Waals surface area contributed by atoms with E-state index in [-0.39, 0.29) is 23.9 Å². The predicted octanol–water partition coefficient (Wildman–Crippen LogP) is 3.00. The zero-order chi connectivity index (χ0) is 19.1. The van der Waals surface area contributed by atoms with Crippen LogP contribution >= 0.6 is 0 Å². The number of nitrogens with zero attached hydrogens (tertiary/aromatic N) is 3. The van der Waals surface area contributed by atoms with E-state index < -0.39 is 10.5 Å². The molecule has 8 nitrogen and oxygen atoms in total. The largest absolute Gasteiger partial charge is 0.444 e. The number of benzene rings is 1. The van der Waals surface area contributed by atoms with Crippen LogP contribution in [0.5, 0.6) is 0 Å². The first kappa shape index (κ1) is 18.2. The average Bonchev–Trinajstić information content (AvgIpc) is 2.83. The van der Waals surface area contributed by atoms with Crippen LogP contribution in [-0.4, -0.2) is 53.0 Å². The van der Waals surface area contributed by atoms with E-state index in [4.69, 9.17) is 4.74 Å². The highest BCUT2D eigenvalue weighted by molar-refractivity contribution is 5.86. The molecule has 0 aromatic heterocycles. The molecule has 0 radical (unpaired) electrons. The molecule has 1 amide bonds. The maximum Gasteiger partial charge on any atom is 0.410 e. The van der Waals surface area contributed by atoms with Crippen molar-refractivity contribution in [1.29, 1.82) is 0 Å². The maximum atomic E-state index is 12.5. The standard InChI is InChI=1S/C18H23N3O5/c1-18(2,3)26-17(23)20-14-4-5-15(20)10-19(9-14)16-7-6-13(21(24)25)8-12(16)11-22/h6-8,11,14-15H,4-5,9-10H2,1-3H3. The number of non-ortho nitro benzene ring substituents is 1. The summed E-state index contributed by atoms with van der Waals surface area (Å²) in [6.45, 7) is 6.69. The van der Waals surface area contributed by atoms with Crippen LogP contribution in [0.1, 0.15) is 44.0 Å². The first-order valence-corrected chi connectivity index (χ1v) is 8.69. The molecule has 1 aromatic carbocycles. The van der Waals surface area contributed by atoms with E-state index in [1.807, 2.05) is 30.6 Å². The zero-order valence-corrected chi connectivity index (χ0v) is 15.2. The fraction of sp³-hybridized carbons (Fsp3) is 0.556. The van der Waals surface area contributed by atoms with Gasteiger partial charge in [-0.05, 0) is 39.7 Å². The fourth-order valence-corrected chi connectivity index (χ4v) is 3.75. The molecule has 26 heavy (non-hydrogen) atoms. The summed E-state index contributed by atoms with van der Waals surface area (Å²) < 4.78 is 5.52. The van der Waals surface area contributed by atoms with E-state index in [9.17, 15) is 19.7 Å². The van der Waals surface area contributed by atoms with Gasteiger partial charge in [-0.15, -0.1) is 0 Å². The summed E-state index contributed by atoms with van der Waals surface area (Å²) in [6.07, 6.45) is 2.10. The first-order chi connectivity index (χ1) is 12.2.